The van der Waals surface area contributed by atoms with E-state index in [0.29, 0.717) is 30.3 Å². The number of hydrogen-bond acceptors (Lipinski definition) is 3. The summed E-state index contributed by atoms with van der Waals surface area (Å²) in [6.07, 6.45) is 0. The molecule has 0 fully saturated rings. The van der Waals surface area contributed by atoms with E-state index >= 15 is 0 Å². The number of nitrogens with zero attached hydrogens (tertiary/aromatic N) is 1. The number of ether oxygens (including phenoxy) is 2. The fraction of sp³-hybridized carbons (Fsp3) is 0.562. The number of carbonyl (C=O) groups is 1. The molecule has 0 radical (unpaired) electrons. The van der Waals surface area contributed by atoms with Crippen molar-refractivity contribution in [3.63, 3.8) is 0 Å². The third kappa shape index (κ3) is 2.89. The zero-order chi connectivity index (χ0) is 14.9. The first-order valence-electron chi connectivity index (χ1n) is 7.04. The summed E-state index contributed by atoms with van der Waals surface area (Å²) < 4.78 is 11.0. The summed E-state index contributed by atoms with van der Waals surface area (Å²) in [5.41, 5.74) is 0.413. The maximum Gasteiger partial charge on any atom is 0.254 e. The van der Waals surface area contributed by atoms with E-state index in [1.54, 1.807) is 12.1 Å². The fourth-order valence-electron chi connectivity index (χ4n) is 2.63. The van der Waals surface area contributed by atoms with E-state index in [1.165, 1.54) is 0 Å². The average Bonchev–Trinajstić information content (AvgIpc) is 2.36. The minimum absolute atomic E-state index is 0.0180. The average molecular weight is 277 g/mol. The second kappa shape index (κ2) is 5.35. The molecule has 0 saturated heterocycles. The molecule has 1 aliphatic rings. The molecule has 1 aliphatic heterocycles. The Labute approximate surface area is 120 Å². The molecule has 0 N–H and O–H groups in total. The first-order chi connectivity index (χ1) is 9.30. The van der Waals surface area contributed by atoms with E-state index < -0.39 is 0 Å². The molecule has 0 saturated carbocycles. The van der Waals surface area contributed by atoms with Gasteiger partial charge in [0.25, 0.3) is 5.91 Å². The standard InChI is InChI=1S/C16H23NO3/c1-11(2)17(16(3,4)5)15(18)12-6-7-13-14(10-12)20-9-8-19-13/h6-7,10-11H,8-9H2,1-5H3. The molecule has 1 aromatic rings. The Kier molecular flexibility index (Phi) is 3.93. The van der Waals surface area contributed by atoms with Crippen molar-refractivity contribution in [3.8, 4) is 11.5 Å². The van der Waals surface area contributed by atoms with Crippen LogP contribution in [0.4, 0.5) is 0 Å². The van der Waals surface area contributed by atoms with Gasteiger partial charge >= 0.3 is 0 Å². The number of fused-ring (bicyclic) bond motifs is 1. The second-order valence-electron chi connectivity index (χ2n) is 6.30. The first kappa shape index (κ1) is 14.7. The van der Waals surface area contributed by atoms with Gasteiger partial charge in [-0.1, -0.05) is 0 Å². The van der Waals surface area contributed by atoms with Crippen molar-refractivity contribution in [1.82, 2.24) is 4.90 Å². The Hall–Kier alpha value is -1.71. The molecule has 1 heterocycles. The van der Waals surface area contributed by atoms with Crippen LogP contribution < -0.4 is 9.47 Å². The maximum atomic E-state index is 12.7. The highest BCUT2D eigenvalue weighted by Gasteiger charge is 2.30. The van der Waals surface area contributed by atoms with E-state index in [1.807, 2.05) is 45.6 Å². The highest BCUT2D eigenvalue weighted by Crippen LogP contribution is 2.32. The van der Waals surface area contributed by atoms with Gasteiger partial charge in [-0.2, -0.15) is 0 Å². The van der Waals surface area contributed by atoms with E-state index in [2.05, 4.69) is 0 Å². The van der Waals surface area contributed by atoms with Crippen LogP contribution in [0.5, 0.6) is 11.5 Å². The van der Waals surface area contributed by atoms with E-state index in [9.17, 15) is 4.79 Å². The van der Waals surface area contributed by atoms with Crippen LogP contribution in [0.2, 0.25) is 0 Å². The predicted molar refractivity (Wildman–Crippen MR) is 78.5 cm³/mol. The van der Waals surface area contributed by atoms with Crippen molar-refractivity contribution in [3.05, 3.63) is 23.8 Å². The number of rotatable bonds is 2. The van der Waals surface area contributed by atoms with E-state index in [4.69, 9.17) is 9.47 Å². The Morgan fingerprint density at radius 1 is 1.15 bits per heavy atom. The van der Waals surface area contributed by atoms with Crippen molar-refractivity contribution >= 4 is 5.91 Å². The summed E-state index contributed by atoms with van der Waals surface area (Å²) in [5, 5.41) is 0. The predicted octanol–water partition coefficient (Wildman–Crippen LogP) is 3.11. The van der Waals surface area contributed by atoms with Gasteiger partial charge in [0, 0.05) is 17.1 Å². The van der Waals surface area contributed by atoms with Gasteiger partial charge in [-0.25, -0.2) is 0 Å². The SMILES string of the molecule is CC(C)N(C(=O)c1ccc2c(c1)OCCO2)C(C)(C)C. The van der Waals surface area contributed by atoms with Crippen molar-refractivity contribution in [1.29, 1.82) is 0 Å². The molecule has 1 amide bonds. The quantitative estimate of drug-likeness (QED) is 0.833. The Balaban J connectivity index is 2.32. The molecule has 2 rings (SSSR count). The van der Waals surface area contributed by atoms with Gasteiger partial charge in [0.05, 0.1) is 0 Å². The largest absolute Gasteiger partial charge is 0.486 e. The smallest absolute Gasteiger partial charge is 0.254 e. The van der Waals surface area contributed by atoms with Crippen LogP contribution in [0.15, 0.2) is 18.2 Å². The summed E-state index contributed by atoms with van der Waals surface area (Å²) >= 11 is 0. The molecule has 0 bridgehead atoms. The highest BCUT2D eigenvalue weighted by molar-refractivity contribution is 5.95. The van der Waals surface area contributed by atoms with Gasteiger partial charge in [-0.05, 0) is 52.8 Å². The van der Waals surface area contributed by atoms with Crippen molar-refractivity contribution < 1.29 is 14.3 Å². The zero-order valence-corrected chi connectivity index (χ0v) is 12.9. The molecular formula is C16H23NO3. The molecule has 0 aromatic heterocycles. The second-order valence-corrected chi connectivity index (χ2v) is 6.30. The van der Waals surface area contributed by atoms with Gasteiger partial charge in [0.15, 0.2) is 11.5 Å². The molecule has 0 unspecified atom stereocenters. The Morgan fingerprint density at radius 2 is 1.75 bits per heavy atom. The molecule has 4 heteroatoms. The van der Waals surface area contributed by atoms with E-state index in [0.717, 1.165) is 0 Å². The number of carbonyl (C=O) groups excluding carboxylic acids is 1. The topological polar surface area (TPSA) is 38.8 Å². The summed E-state index contributed by atoms with van der Waals surface area (Å²) in [6, 6.07) is 5.52. The van der Waals surface area contributed by atoms with Crippen LogP contribution in [0.25, 0.3) is 0 Å². The van der Waals surface area contributed by atoms with Gasteiger partial charge in [0.1, 0.15) is 13.2 Å². The monoisotopic (exact) mass is 277 g/mol. The highest BCUT2D eigenvalue weighted by atomic mass is 16.6. The zero-order valence-electron chi connectivity index (χ0n) is 12.9. The molecular weight excluding hydrogens is 254 g/mol. The van der Waals surface area contributed by atoms with Gasteiger partial charge in [0.2, 0.25) is 0 Å². The Bertz CT molecular complexity index is 503. The fourth-order valence-corrected chi connectivity index (χ4v) is 2.63. The van der Waals surface area contributed by atoms with Crippen LogP contribution in [0.3, 0.4) is 0 Å². The molecule has 110 valence electrons. The molecule has 0 atom stereocenters. The van der Waals surface area contributed by atoms with Gasteiger partial charge < -0.3 is 14.4 Å². The van der Waals surface area contributed by atoms with Crippen LogP contribution >= 0.6 is 0 Å². The lowest BCUT2D eigenvalue weighted by molar-refractivity contribution is 0.0489. The lowest BCUT2D eigenvalue weighted by atomic mass is 10.0. The number of benzene rings is 1. The molecule has 0 aliphatic carbocycles. The maximum absolute atomic E-state index is 12.7. The Morgan fingerprint density at radius 3 is 2.30 bits per heavy atom. The van der Waals surface area contributed by atoms with E-state index in [-0.39, 0.29) is 17.5 Å². The third-order valence-corrected chi connectivity index (χ3v) is 3.25. The lowest BCUT2D eigenvalue weighted by Crippen LogP contribution is -2.49. The van der Waals surface area contributed by atoms with Gasteiger partial charge in [-0.15, -0.1) is 0 Å². The van der Waals surface area contributed by atoms with Crippen molar-refractivity contribution in [2.45, 2.75) is 46.2 Å². The molecule has 20 heavy (non-hydrogen) atoms. The lowest BCUT2D eigenvalue weighted by Gasteiger charge is -2.39. The molecule has 1 aromatic carbocycles. The minimum Gasteiger partial charge on any atom is -0.486 e. The van der Waals surface area contributed by atoms with Crippen molar-refractivity contribution in [2.24, 2.45) is 0 Å². The number of hydrogen-bond donors (Lipinski definition) is 0. The normalized spacial score (nSPS) is 14.3. The third-order valence-electron chi connectivity index (χ3n) is 3.25. The summed E-state index contributed by atoms with van der Waals surface area (Å²) in [7, 11) is 0. The summed E-state index contributed by atoms with van der Waals surface area (Å²) in [4.78, 5) is 14.6. The van der Waals surface area contributed by atoms with Crippen LogP contribution in [-0.2, 0) is 0 Å². The molecule has 0 spiro atoms. The van der Waals surface area contributed by atoms with Crippen LogP contribution in [-0.4, -0.2) is 35.6 Å². The van der Waals surface area contributed by atoms with Crippen LogP contribution in [0.1, 0.15) is 45.0 Å². The molecule has 4 nitrogen and oxygen atoms in total. The van der Waals surface area contributed by atoms with Crippen molar-refractivity contribution in [2.75, 3.05) is 13.2 Å². The number of amides is 1. The van der Waals surface area contributed by atoms with Gasteiger partial charge in [-0.3, -0.25) is 4.79 Å². The summed E-state index contributed by atoms with van der Waals surface area (Å²) in [5.74, 6) is 1.38. The van der Waals surface area contributed by atoms with Crippen LogP contribution in [0, 0.1) is 0 Å². The first-order valence-corrected chi connectivity index (χ1v) is 7.04. The summed E-state index contributed by atoms with van der Waals surface area (Å²) in [6.45, 7) is 11.3. The minimum atomic E-state index is -0.224.